The van der Waals surface area contributed by atoms with Crippen molar-refractivity contribution in [1.82, 2.24) is 10.2 Å². The zero-order valence-corrected chi connectivity index (χ0v) is 13.7. The second-order valence-corrected chi connectivity index (χ2v) is 8.09. The van der Waals surface area contributed by atoms with Crippen LogP contribution in [0.15, 0.2) is 41.8 Å². The van der Waals surface area contributed by atoms with E-state index in [1.165, 1.54) is 10.5 Å². The molecule has 0 radical (unpaired) electrons. The van der Waals surface area contributed by atoms with Gasteiger partial charge < -0.3 is 5.32 Å². The molecule has 110 valence electrons. The Morgan fingerprint density at radius 3 is 2.50 bits per heavy atom. The van der Waals surface area contributed by atoms with Gasteiger partial charge in [-0.15, -0.1) is 18.3 Å². The van der Waals surface area contributed by atoms with Gasteiger partial charge in [-0.25, -0.2) is 0 Å². The molecule has 1 aliphatic rings. The van der Waals surface area contributed by atoms with Gasteiger partial charge in [-0.05, 0) is 11.6 Å². The van der Waals surface area contributed by atoms with Crippen LogP contribution in [0.1, 0.15) is 32.4 Å². The van der Waals surface area contributed by atoms with Gasteiger partial charge in [0.15, 0.2) is 0 Å². The van der Waals surface area contributed by atoms with Gasteiger partial charge in [0.2, 0.25) is 0 Å². The Morgan fingerprint density at radius 2 is 1.90 bits per heavy atom. The molecular formula is C17H26N2S. The lowest BCUT2D eigenvalue weighted by molar-refractivity contribution is 0.202. The topological polar surface area (TPSA) is 15.3 Å². The fraction of sp³-hybridized carbons (Fsp3) is 0.529. The van der Waals surface area contributed by atoms with Crippen LogP contribution in [0.4, 0.5) is 0 Å². The number of benzene rings is 1. The Bertz CT molecular complexity index is 445. The largest absolute Gasteiger partial charge is 0.314 e. The average Bonchev–Trinajstić information content (AvgIpc) is 2.41. The van der Waals surface area contributed by atoms with Gasteiger partial charge in [-0.2, -0.15) is 0 Å². The number of nitrogens with zero attached hydrogens (tertiary/aromatic N) is 1. The quantitative estimate of drug-likeness (QED) is 0.672. The number of hydrogen-bond donors (Lipinski definition) is 1. The van der Waals surface area contributed by atoms with E-state index in [9.17, 15) is 0 Å². The highest BCUT2D eigenvalue weighted by Crippen LogP contribution is 2.38. The van der Waals surface area contributed by atoms with Crippen molar-refractivity contribution in [3.05, 3.63) is 42.5 Å². The van der Waals surface area contributed by atoms with E-state index in [2.05, 4.69) is 67.9 Å². The molecule has 1 N–H and O–H groups in total. The standard InChI is InChI=1S/C17H26N2S/c1-5-15(19-12-10-18-11-13-19)14-8-6-7-9-16(14)20-17(2,3)4/h5-9,15,18H,1,10-13H2,2-4H3/t15-/m1/s1. The molecule has 1 saturated heterocycles. The van der Waals surface area contributed by atoms with Gasteiger partial charge in [0.05, 0.1) is 6.04 Å². The van der Waals surface area contributed by atoms with Crippen molar-refractivity contribution in [1.29, 1.82) is 0 Å². The van der Waals surface area contributed by atoms with Crippen molar-refractivity contribution >= 4 is 11.8 Å². The molecule has 1 atom stereocenters. The Hall–Kier alpha value is -0.770. The van der Waals surface area contributed by atoms with Crippen LogP contribution in [0.5, 0.6) is 0 Å². The maximum atomic E-state index is 4.08. The van der Waals surface area contributed by atoms with Crippen LogP contribution < -0.4 is 5.32 Å². The maximum Gasteiger partial charge on any atom is 0.0541 e. The molecule has 0 unspecified atom stereocenters. The van der Waals surface area contributed by atoms with Crippen LogP contribution in [0.25, 0.3) is 0 Å². The summed E-state index contributed by atoms with van der Waals surface area (Å²) in [6.07, 6.45) is 2.09. The Morgan fingerprint density at radius 1 is 1.25 bits per heavy atom. The van der Waals surface area contributed by atoms with Crippen LogP contribution in [-0.2, 0) is 0 Å². The molecule has 0 spiro atoms. The molecule has 20 heavy (non-hydrogen) atoms. The maximum absolute atomic E-state index is 4.08. The third-order valence-electron chi connectivity index (χ3n) is 3.42. The highest BCUT2D eigenvalue weighted by molar-refractivity contribution is 8.00. The van der Waals surface area contributed by atoms with E-state index >= 15 is 0 Å². The molecule has 2 rings (SSSR count). The third kappa shape index (κ3) is 4.11. The lowest BCUT2D eigenvalue weighted by Gasteiger charge is -2.34. The van der Waals surface area contributed by atoms with Crippen molar-refractivity contribution in [3.8, 4) is 0 Å². The predicted molar refractivity (Wildman–Crippen MR) is 89.4 cm³/mol. The van der Waals surface area contributed by atoms with E-state index in [0.29, 0.717) is 6.04 Å². The molecule has 0 saturated carbocycles. The van der Waals surface area contributed by atoms with Crippen molar-refractivity contribution in [3.63, 3.8) is 0 Å². The molecule has 3 heteroatoms. The minimum atomic E-state index is 0.227. The monoisotopic (exact) mass is 290 g/mol. The highest BCUT2D eigenvalue weighted by Gasteiger charge is 2.23. The number of nitrogens with one attached hydrogen (secondary N) is 1. The van der Waals surface area contributed by atoms with Gasteiger partial charge >= 0.3 is 0 Å². The summed E-state index contributed by atoms with van der Waals surface area (Å²) >= 11 is 1.94. The fourth-order valence-electron chi connectivity index (χ4n) is 2.58. The fourth-order valence-corrected chi connectivity index (χ4v) is 3.69. The average molecular weight is 290 g/mol. The van der Waals surface area contributed by atoms with Crippen molar-refractivity contribution < 1.29 is 0 Å². The first kappa shape index (κ1) is 15.6. The molecule has 0 aliphatic carbocycles. The number of thioether (sulfide) groups is 1. The zero-order chi connectivity index (χ0) is 14.6. The molecule has 1 heterocycles. The zero-order valence-electron chi connectivity index (χ0n) is 12.9. The van der Waals surface area contributed by atoms with E-state index in [1.807, 2.05) is 11.8 Å². The third-order valence-corrected chi connectivity index (χ3v) is 4.63. The first-order valence-electron chi connectivity index (χ1n) is 7.36. The van der Waals surface area contributed by atoms with Gasteiger partial charge in [-0.3, -0.25) is 4.90 Å². The van der Waals surface area contributed by atoms with Crippen molar-refractivity contribution in [2.75, 3.05) is 26.2 Å². The summed E-state index contributed by atoms with van der Waals surface area (Å²) in [5, 5.41) is 3.42. The van der Waals surface area contributed by atoms with Crippen LogP contribution in [0.3, 0.4) is 0 Å². The molecule has 1 aliphatic heterocycles. The number of piperazine rings is 1. The van der Waals surface area contributed by atoms with Crippen LogP contribution in [0.2, 0.25) is 0 Å². The molecule has 1 aromatic carbocycles. The lowest BCUT2D eigenvalue weighted by Crippen LogP contribution is -2.44. The molecule has 1 aromatic rings. The first-order chi connectivity index (χ1) is 9.51. The summed E-state index contributed by atoms with van der Waals surface area (Å²) in [4.78, 5) is 3.90. The normalized spacial score (nSPS) is 18.8. The van der Waals surface area contributed by atoms with E-state index in [0.717, 1.165) is 26.2 Å². The summed E-state index contributed by atoms with van der Waals surface area (Å²) in [6.45, 7) is 15.2. The predicted octanol–water partition coefficient (Wildman–Crippen LogP) is 3.71. The van der Waals surface area contributed by atoms with Gasteiger partial charge in [0.1, 0.15) is 0 Å². The van der Waals surface area contributed by atoms with Crippen molar-refractivity contribution in [2.45, 2.75) is 36.5 Å². The summed E-state index contributed by atoms with van der Waals surface area (Å²) in [5.41, 5.74) is 1.39. The molecule has 2 nitrogen and oxygen atoms in total. The second-order valence-electron chi connectivity index (χ2n) is 6.22. The van der Waals surface area contributed by atoms with Crippen LogP contribution >= 0.6 is 11.8 Å². The summed E-state index contributed by atoms with van der Waals surface area (Å²) in [5.74, 6) is 0. The lowest BCUT2D eigenvalue weighted by atomic mass is 10.0. The van der Waals surface area contributed by atoms with Gasteiger partial charge in [-0.1, -0.05) is 45.0 Å². The van der Waals surface area contributed by atoms with E-state index < -0.39 is 0 Å². The Balaban J connectivity index is 2.26. The second kappa shape index (κ2) is 6.79. The van der Waals surface area contributed by atoms with E-state index in [-0.39, 0.29) is 4.75 Å². The van der Waals surface area contributed by atoms with E-state index in [1.54, 1.807) is 0 Å². The van der Waals surface area contributed by atoms with Crippen LogP contribution in [0, 0.1) is 0 Å². The minimum absolute atomic E-state index is 0.227. The first-order valence-corrected chi connectivity index (χ1v) is 8.18. The number of rotatable bonds is 4. The van der Waals surface area contributed by atoms with Crippen LogP contribution in [-0.4, -0.2) is 35.8 Å². The Labute approximate surface area is 127 Å². The van der Waals surface area contributed by atoms with Crippen molar-refractivity contribution in [2.24, 2.45) is 0 Å². The SMILES string of the molecule is C=C[C@H](c1ccccc1SC(C)(C)C)N1CCNCC1. The minimum Gasteiger partial charge on any atom is -0.314 e. The highest BCUT2D eigenvalue weighted by atomic mass is 32.2. The Kier molecular flexibility index (Phi) is 5.30. The van der Waals surface area contributed by atoms with E-state index in [4.69, 9.17) is 0 Å². The number of hydrogen-bond acceptors (Lipinski definition) is 3. The molecule has 0 bridgehead atoms. The molecule has 1 fully saturated rings. The summed E-state index contributed by atoms with van der Waals surface area (Å²) in [7, 11) is 0. The molecule has 0 amide bonds. The molecular weight excluding hydrogens is 264 g/mol. The van der Waals surface area contributed by atoms with Gasteiger partial charge in [0.25, 0.3) is 0 Å². The van der Waals surface area contributed by atoms with Gasteiger partial charge in [0, 0.05) is 35.8 Å². The molecule has 0 aromatic heterocycles. The summed E-state index contributed by atoms with van der Waals surface area (Å²) < 4.78 is 0.227. The summed E-state index contributed by atoms with van der Waals surface area (Å²) in [6, 6.07) is 9.09. The smallest absolute Gasteiger partial charge is 0.0541 e.